The van der Waals surface area contributed by atoms with Gasteiger partial charge >= 0.3 is 18.1 Å². The Balaban J connectivity index is 2.05. The molecule has 11 heteroatoms. The highest BCUT2D eigenvalue weighted by molar-refractivity contribution is 6.30. The van der Waals surface area contributed by atoms with Crippen LogP contribution in [0.2, 0.25) is 5.02 Å². The molecule has 0 aliphatic heterocycles. The smallest absolute Gasteiger partial charge is 0.408 e. The second-order valence-corrected chi connectivity index (χ2v) is 9.24. The van der Waals surface area contributed by atoms with E-state index in [0.29, 0.717) is 17.0 Å². The maximum absolute atomic E-state index is 13.2. The molecule has 3 N–H and O–H groups in total. The Bertz CT molecular complexity index is 875. The van der Waals surface area contributed by atoms with Gasteiger partial charge in [-0.05, 0) is 30.0 Å². The Labute approximate surface area is 211 Å². The number of halogens is 1. The number of hydrogen-bond acceptors (Lipinski definition) is 6. The molecule has 1 fully saturated rings. The lowest BCUT2D eigenvalue weighted by Crippen LogP contribution is -2.56. The highest BCUT2D eigenvalue weighted by atomic mass is 35.5. The summed E-state index contributed by atoms with van der Waals surface area (Å²) in [6.45, 7) is -0.170. The number of nitrogens with zero attached hydrogens (tertiary/aromatic N) is 1. The number of esters is 1. The van der Waals surface area contributed by atoms with Crippen LogP contribution in [0.15, 0.2) is 24.3 Å². The molecule has 1 aliphatic rings. The van der Waals surface area contributed by atoms with Gasteiger partial charge in [0.2, 0.25) is 5.91 Å². The summed E-state index contributed by atoms with van der Waals surface area (Å²) >= 11 is 5.97. The van der Waals surface area contributed by atoms with Crippen molar-refractivity contribution in [3.63, 3.8) is 0 Å². The van der Waals surface area contributed by atoms with Crippen molar-refractivity contribution in [1.29, 1.82) is 0 Å². The van der Waals surface area contributed by atoms with E-state index in [2.05, 4.69) is 16.0 Å². The maximum atomic E-state index is 13.2. The van der Waals surface area contributed by atoms with Gasteiger partial charge in [-0.25, -0.2) is 14.4 Å². The van der Waals surface area contributed by atoms with Gasteiger partial charge in [-0.3, -0.25) is 4.79 Å². The molecule has 0 bridgehead atoms. The van der Waals surface area contributed by atoms with Crippen LogP contribution >= 0.6 is 11.6 Å². The van der Waals surface area contributed by atoms with Crippen LogP contribution in [0.3, 0.4) is 0 Å². The summed E-state index contributed by atoms with van der Waals surface area (Å²) in [5.41, 5.74) is 0.711. The second kappa shape index (κ2) is 14.4. The SMILES string of the molecule is COC(=O)C(CNC(=O)N(C)C)NC(=O)[C@H](CC1CCCCC1)NC(=O)OCc1cccc(Cl)c1. The minimum Gasteiger partial charge on any atom is -0.467 e. The fourth-order valence-corrected chi connectivity index (χ4v) is 4.12. The highest BCUT2D eigenvalue weighted by Crippen LogP contribution is 2.27. The molecule has 194 valence electrons. The topological polar surface area (TPSA) is 126 Å². The van der Waals surface area contributed by atoms with E-state index in [1.54, 1.807) is 38.4 Å². The summed E-state index contributed by atoms with van der Waals surface area (Å²) in [6.07, 6.45) is 4.87. The Morgan fingerprint density at radius 3 is 2.43 bits per heavy atom. The van der Waals surface area contributed by atoms with Gasteiger partial charge in [0.25, 0.3) is 0 Å². The van der Waals surface area contributed by atoms with Gasteiger partial charge in [-0.1, -0.05) is 55.8 Å². The third kappa shape index (κ3) is 10.0. The number of amides is 4. The number of carbonyl (C=O) groups excluding carboxylic acids is 4. The average Bonchev–Trinajstić information content (AvgIpc) is 2.84. The van der Waals surface area contributed by atoms with Crippen LogP contribution in [0, 0.1) is 5.92 Å². The number of ether oxygens (including phenoxy) is 2. The van der Waals surface area contributed by atoms with E-state index in [0.717, 1.165) is 32.1 Å². The first-order chi connectivity index (χ1) is 16.7. The Hall–Kier alpha value is -3.01. The Kier molecular flexibility index (Phi) is 11.6. The molecule has 1 aromatic rings. The van der Waals surface area contributed by atoms with Gasteiger partial charge in [0.1, 0.15) is 18.7 Å². The van der Waals surface area contributed by atoms with Crippen molar-refractivity contribution in [2.45, 2.75) is 57.2 Å². The van der Waals surface area contributed by atoms with Gasteiger partial charge in [0, 0.05) is 19.1 Å². The second-order valence-electron chi connectivity index (χ2n) is 8.81. The molecule has 0 heterocycles. The monoisotopic (exact) mass is 510 g/mol. The lowest BCUT2D eigenvalue weighted by molar-refractivity contribution is -0.145. The zero-order chi connectivity index (χ0) is 25.8. The zero-order valence-electron chi connectivity index (χ0n) is 20.5. The van der Waals surface area contributed by atoms with Crippen LogP contribution in [0.25, 0.3) is 0 Å². The van der Waals surface area contributed by atoms with Crippen LogP contribution in [0.4, 0.5) is 9.59 Å². The lowest BCUT2D eigenvalue weighted by Gasteiger charge is -2.27. The molecular formula is C24H35ClN4O6. The molecule has 1 aliphatic carbocycles. The number of urea groups is 1. The standard InChI is InChI=1S/C24H35ClN4O6/c1-29(2)23(32)26-14-20(22(31)34-3)27-21(30)19(13-16-8-5-4-6-9-16)28-24(33)35-15-17-10-7-11-18(25)12-17/h7,10-12,16,19-20H,4-6,8-9,13-15H2,1-3H3,(H,26,32)(H,27,30)(H,28,33)/t19-,20?/m0/s1. The van der Waals surface area contributed by atoms with Crippen LogP contribution in [0.1, 0.15) is 44.1 Å². The first-order valence-electron chi connectivity index (χ1n) is 11.7. The van der Waals surface area contributed by atoms with Crippen molar-refractivity contribution in [1.82, 2.24) is 20.9 Å². The van der Waals surface area contributed by atoms with Crippen molar-refractivity contribution in [2.24, 2.45) is 5.92 Å². The lowest BCUT2D eigenvalue weighted by atomic mass is 9.84. The van der Waals surface area contributed by atoms with E-state index >= 15 is 0 Å². The number of benzene rings is 1. The molecule has 0 saturated heterocycles. The fraction of sp³-hybridized carbons (Fsp3) is 0.583. The highest BCUT2D eigenvalue weighted by Gasteiger charge is 2.30. The van der Waals surface area contributed by atoms with Gasteiger partial charge in [-0.15, -0.1) is 0 Å². The molecule has 0 aromatic heterocycles. The van der Waals surface area contributed by atoms with Crippen molar-refractivity contribution in [3.05, 3.63) is 34.9 Å². The summed E-state index contributed by atoms with van der Waals surface area (Å²) in [6, 6.07) is 4.47. The molecule has 0 radical (unpaired) electrons. The van der Waals surface area contributed by atoms with E-state index in [-0.39, 0.29) is 19.1 Å². The molecule has 1 aromatic carbocycles. The summed E-state index contributed by atoms with van der Waals surface area (Å²) in [4.78, 5) is 51.1. The van der Waals surface area contributed by atoms with Crippen LogP contribution in [0.5, 0.6) is 0 Å². The predicted octanol–water partition coefficient (Wildman–Crippen LogP) is 2.83. The number of methoxy groups -OCH3 is 1. The molecule has 2 atom stereocenters. The molecule has 0 spiro atoms. The number of alkyl carbamates (subject to hydrolysis) is 1. The number of nitrogens with one attached hydrogen (secondary N) is 3. The zero-order valence-corrected chi connectivity index (χ0v) is 21.2. The van der Waals surface area contributed by atoms with Gasteiger partial charge < -0.3 is 30.3 Å². The maximum Gasteiger partial charge on any atom is 0.408 e. The summed E-state index contributed by atoms with van der Waals surface area (Å²) in [5.74, 6) is -1.00. The molecular weight excluding hydrogens is 476 g/mol. The minimum absolute atomic E-state index is 0.00842. The van der Waals surface area contributed by atoms with Crippen molar-refractivity contribution in [2.75, 3.05) is 27.7 Å². The van der Waals surface area contributed by atoms with Crippen molar-refractivity contribution in [3.8, 4) is 0 Å². The van der Waals surface area contributed by atoms with Crippen molar-refractivity contribution >= 4 is 35.6 Å². The van der Waals surface area contributed by atoms with Gasteiger partial charge in [0.05, 0.1) is 13.7 Å². The van der Waals surface area contributed by atoms with E-state index in [1.807, 2.05) is 0 Å². The normalized spacial score (nSPS) is 15.3. The minimum atomic E-state index is -1.12. The number of carbonyl (C=O) groups is 4. The Morgan fingerprint density at radius 1 is 1.09 bits per heavy atom. The van der Waals surface area contributed by atoms with Crippen LogP contribution < -0.4 is 16.0 Å². The quantitative estimate of drug-likeness (QED) is 0.415. The van der Waals surface area contributed by atoms with E-state index in [4.69, 9.17) is 21.1 Å². The van der Waals surface area contributed by atoms with E-state index < -0.39 is 36.1 Å². The van der Waals surface area contributed by atoms with E-state index in [1.165, 1.54) is 12.0 Å². The average molecular weight is 511 g/mol. The first kappa shape index (κ1) is 28.2. The molecule has 1 unspecified atom stereocenters. The molecule has 4 amide bonds. The fourth-order valence-electron chi connectivity index (χ4n) is 3.90. The Morgan fingerprint density at radius 2 is 1.80 bits per heavy atom. The van der Waals surface area contributed by atoms with Crippen molar-refractivity contribution < 1.29 is 28.7 Å². The number of rotatable bonds is 10. The summed E-state index contributed by atoms with van der Waals surface area (Å²) in [7, 11) is 4.31. The van der Waals surface area contributed by atoms with Gasteiger partial charge in [-0.2, -0.15) is 0 Å². The first-order valence-corrected chi connectivity index (χ1v) is 12.1. The third-order valence-corrected chi connectivity index (χ3v) is 6.06. The molecule has 35 heavy (non-hydrogen) atoms. The van der Waals surface area contributed by atoms with Crippen LogP contribution in [-0.4, -0.2) is 68.7 Å². The molecule has 2 rings (SSSR count). The van der Waals surface area contributed by atoms with Crippen LogP contribution in [-0.2, 0) is 25.7 Å². The molecule has 10 nitrogen and oxygen atoms in total. The molecule has 1 saturated carbocycles. The van der Waals surface area contributed by atoms with E-state index in [9.17, 15) is 19.2 Å². The van der Waals surface area contributed by atoms with Gasteiger partial charge in [0.15, 0.2) is 0 Å². The predicted molar refractivity (Wildman–Crippen MR) is 131 cm³/mol. The summed E-state index contributed by atoms with van der Waals surface area (Å²) in [5, 5.41) is 8.32. The largest absolute Gasteiger partial charge is 0.467 e. The third-order valence-electron chi connectivity index (χ3n) is 5.83. The summed E-state index contributed by atoms with van der Waals surface area (Å²) < 4.78 is 10.1. The number of hydrogen-bond donors (Lipinski definition) is 3.